The van der Waals surface area contributed by atoms with Gasteiger partial charge in [0, 0.05) is 17.1 Å². The molecule has 1 saturated heterocycles. The first-order valence-electron chi connectivity index (χ1n) is 5.26. The smallest absolute Gasteiger partial charge is 0.363 e. The van der Waals surface area contributed by atoms with Gasteiger partial charge in [0.05, 0.1) is 0 Å². The van der Waals surface area contributed by atoms with Gasteiger partial charge in [0.2, 0.25) is 5.60 Å². The first-order chi connectivity index (χ1) is 8.95. The summed E-state index contributed by atoms with van der Waals surface area (Å²) in [5.41, 5.74) is -0.527. The fourth-order valence-corrected chi connectivity index (χ4v) is 1.85. The van der Waals surface area contributed by atoms with Crippen molar-refractivity contribution < 1.29 is 29.5 Å². The zero-order valence-corrected chi connectivity index (χ0v) is 10.3. The molecule has 1 fully saturated rings. The van der Waals surface area contributed by atoms with E-state index in [0.29, 0.717) is 5.56 Å². The molecule has 0 spiro atoms. The Morgan fingerprint density at radius 2 is 2.00 bits per heavy atom. The Labute approximate surface area is 112 Å². The lowest BCUT2D eigenvalue weighted by Crippen LogP contribution is -2.54. The second-order valence-corrected chi connectivity index (χ2v) is 4.40. The molecule has 8 heteroatoms. The lowest BCUT2D eigenvalue weighted by Gasteiger charge is -2.25. The highest BCUT2D eigenvalue weighted by molar-refractivity contribution is 6.31. The van der Waals surface area contributed by atoms with Crippen LogP contribution < -0.4 is 5.64 Å². The van der Waals surface area contributed by atoms with Gasteiger partial charge in [-0.25, -0.2) is 9.59 Å². The molecule has 0 saturated carbocycles. The number of benzene rings is 1. The predicted molar refractivity (Wildman–Crippen MR) is 61.4 cm³/mol. The molecule has 1 aromatic carbocycles. The van der Waals surface area contributed by atoms with Crippen molar-refractivity contribution in [2.24, 2.45) is 0 Å². The average Bonchev–Trinajstić information content (AvgIpc) is 2.47. The van der Waals surface area contributed by atoms with Crippen molar-refractivity contribution in [2.75, 3.05) is 0 Å². The Morgan fingerprint density at radius 3 is 2.68 bits per heavy atom. The molecule has 2 rings (SSSR count). The lowest BCUT2D eigenvalue weighted by molar-refractivity contribution is -0.196. The Bertz CT molecular complexity index is 522. The fourth-order valence-electron chi connectivity index (χ4n) is 1.65. The Balaban J connectivity index is 2.35. The number of hydrogen-bond acceptors (Lipinski definition) is 7. The van der Waals surface area contributed by atoms with Crippen molar-refractivity contribution in [1.82, 2.24) is 5.64 Å². The molecule has 0 bridgehead atoms. The summed E-state index contributed by atoms with van der Waals surface area (Å²) in [5, 5.41) is 20.2. The Kier molecular flexibility index (Phi) is 3.72. The van der Waals surface area contributed by atoms with Crippen LogP contribution in [0.3, 0.4) is 0 Å². The predicted octanol–water partition coefficient (Wildman–Crippen LogP) is -0.506. The minimum Gasteiger partial charge on any atom is -0.378 e. The second-order valence-electron chi connectivity index (χ2n) is 3.99. The van der Waals surface area contributed by atoms with Crippen LogP contribution in [0.2, 0.25) is 5.02 Å². The maximum Gasteiger partial charge on any atom is 0.363 e. The molecular formula is C11H10ClNO6. The van der Waals surface area contributed by atoms with E-state index in [4.69, 9.17) is 11.6 Å². The van der Waals surface area contributed by atoms with Gasteiger partial charge in [-0.2, -0.15) is 0 Å². The van der Waals surface area contributed by atoms with Gasteiger partial charge in [0.25, 0.3) is 0 Å². The highest BCUT2D eigenvalue weighted by Crippen LogP contribution is 2.26. The van der Waals surface area contributed by atoms with Crippen molar-refractivity contribution in [3.63, 3.8) is 0 Å². The summed E-state index contributed by atoms with van der Waals surface area (Å²) in [5.74, 6) is -2.48. The molecule has 1 aliphatic heterocycles. The van der Waals surface area contributed by atoms with E-state index in [1.807, 2.05) is 0 Å². The van der Waals surface area contributed by atoms with E-state index in [1.54, 1.807) is 29.9 Å². The summed E-state index contributed by atoms with van der Waals surface area (Å²) in [7, 11) is 0. The van der Waals surface area contributed by atoms with Crippen LogP contribution >= 0.6 is 11.6 Å². The molecule has 1 aromatic rings. The van der Waals surface area contributed by atoms with E-state index < -0.39 is 30.1 Å². The van der Waals surface area contributed by atoms with Crippen LogP contribution in [0.5, 0.6) is 0 Å². The number of rotatable bonds is 2. The third kappa shape index (κ3) is 2.54. The second kappa shape index (κ2) is 5.14. The Morgan fingerprint density at radius 1 is 1.32 bits per heavy atom. The van der Waals surface area contributed by atoms with Crippen molar-refractivity contribution in [3.05, 3.63) is 34.9 Å². The van der Waals surface area contributed by atoms with E-state index in [-0.39, 0.29) is 5.02 Å². The van der Waals surface area contributed by atoms with Crippen molar-refractivity contribution in [1.29, 1.82) is 0 Å². The lowest BCUT2D eigenvalue weighted by atomic mass is 9.89. The van der Waals surface area contributed by atoms with Crippen molar-refractivity contribution in [2.45, 2.75) is 18.1 Å². The molecule has 0 aliphatic carbocycles. The zero-order chi connectivity index (χ0) is 14.0. The average molecular weight is 288 g/mol. The summed E-state index contributed by atoms with van der Waals surface area (Å²) in [6.45, 7) is 0. The van der Waals surface area contributed by atoms with Gasteiger partial charge in [-0.05, 0) is 11.6 Å². The van der Waals surface area contributed by atoms with E-state index in [2.05, 4.69) is 9.68 Å². The largest absolute Gasteiger partial charge is 0.378 e. The normalized spacial score (nSPS) is 27.4. The molecule has 7 nitrogen and oxygen atoms in total. The maximum atomic E-state index is 11.6. The van der Waals surface area contributed by atoms with E-state index >= 15 is 0 Å². The number of hydrogen-bond donors (Lipinski definition) is 3. The van der Waals surface area contributed by atoms with Gasteiger partial charge in [0.1, 0.15) is 0 Å². The summed E-state index contributed by atoms with van der Waals surface area (Å²) in [6.07, 6.45) is -2.49. The quantitative estimate of drug-likeness (QED) is 0.673. The molecule has 19 heavy (non-hydrogen) atoms. The van der Waals surface area contributed by atoms with Crippen LogP contribution in [0.15, 0.2) is 24.3 Å². The highest BCUT2D eigenvalue weighted by atomic mass is 35.5. The van der Waals surface area contributed by atoms with Crippen molar-refractivity contribution >= 4 is 23.5 Å². The SMILES string of the molecule is O=C1ONOC(=O)C(O)(Cc2ccccc2Cl)C1O. The molecule has 2 unspecified atom stereocenters. The van der Waals surface area contributed by atoms with Crippen LogP contribution in [0.4, 0.5) is 0 Å². The first-order valence-corrected chi connectivity index (χ1v) is 5.64. The van der Waals surface area contributed by atoms with Crippen LogP contribution in [0, 0.1) is 0 Å². The standard InChI is InChI=1S/C11H10ClNO6/c12-7-4-2-1-3-6(7)5-11(17)8(14)9(15)18-13-19-10(11)16/h1-4,8,13-14,17H,5H2. The monoisotopic (exact) mass is 287 g/mol. The summed E-state index contributed by atoms with van der Waals surface area (Å²) in [6, 6.07) is 6.39. The molecular weight excluding hydrogens is 278 g/mol. The van der Waals surface area contributed by atoms with Crippen molar-refractivity contribution in [3.8, 4) is 0 Å². The zero-order valence-electron chi connectivity index (χ0n) is 9.50. The van der Waals surface area contributed by atoms with Gasteiger partial charge < -0.3 is 19.9 Å². The van der Waals surface area contributed by atoms with Gasteiger partial charge in [-0.3, -0.25) is 0 Å². The maximum absolute atomic E-state index is 11.6. The minimum absolute atomic E-state index is 0.279. The van der Waals surface area contributed by atoms with Gasteiger partial charge in [0.15, 0.2) is 6.10 Å². The third-order valence-electron chi connectivity index (χ3n) is 2.72. The topological polar surface area (TPSA) is 105 Å². The van der Waals surface area contributed by atoms with Crippen LogP contribution in [0.25, 0.3) is 0 Å². The van der Waals surface area contributed by atoms with Gasteiger partial charge >= 0.3 is 11.9 Å². The van der Waals surface area contributed by atoms with Gasteiger partial charge in [-0.1, -0.05) is 29.8 Å². The molecule has 2 atom stereocenters. The number of halogens is 1. The molecule has 0 aromatic heterocycles. The number of nitrogens with one attached hydrogen (secondary N) is 1. The molecule has 0 amide bonds. The summed E-state index contributed by atoms with van der Waals surface area (Å²) in [4.78, 5) is 31.4. The van der Waals surface area contributed by atoms with Gasteiger partial charge in [-0.15, -0.1) is 0 Å². The van der Waals surface area contributed by atoms with E-state index in [0.717, 1.165) is 0 Å². The number of aliphatic hydroxyl groups excluding tert-OH is 1. The van der Waals surface area contributed by atoms with Crippen LogP contribution in [0.1, 0.15) is 5.56 Å². The van der Waals surface area contributed by atoms with Crippen LogP contribution in [-0.4, -0.2) is 33.9 Å². The highest BCUT2D eigenvalue weighted by Gasteiger charge is 2.52. The number of carbonyl (C=O) groups is 2. The van der Waals surface area contributed by atoms with E-state index in [9.17, 15) is 19.8 Å². The fraction of sp³-hybridized carbons (Fsp3) is 0.273. The minimum atomic E-state index is -2.48. The number of aliphatic hydroxyl groups is 2. The first kappa shape index (κ1) is 13.8. The number of carbonyl (C=O) groups excluding carboxylic acids is 2. The molecule has 3 N–H and O–H groups in total. The Hall–Kier alpha value is -1.67. The third-order valence-corrected chi connectivity index (χ3v) is 3.09. The molecule has 0 radical (unpaired) electrons. The molecule has 1 heterocycles. The van der Waals surface area contributed by atoms with E-state index in [1.165, 1.54) is 0 Å². The van der Waals surface area contributed by atoms with Crippen LogP contribution in [-0.2, 0) is 25.7 Å². The molecule has 1 aliphatic rings. The summed E-state index contributed by atoms with van der Waals surface area (Å²) < 4.78 is 0. The molecule has 102 valence electrons. The summed E-state index contributed by atoms with van der Waals surface area (Å²) >= 11 is 5.90.